The molecule has 1 unspecified atom stereocenters. The van der Waals surface area contributed by atoms with Crippen LogP contribution in [-0.2, 0) is 12.1 Å². The second kappa shape index (κ2) is 6.97. The van der Waals surface area contributed by atoms with Crippen LogP contribution in [-0.4, -0.2) is 31.5 Å². The number of tetrazole rings is 1. The first-order valence-corrected chi connectivity index (χ1v) is 7.58. The predicted molar refractivity (Wildman–Crippen MR) is 88.2 cm³/mol. The van der Waals surface area contributed by atoms with Gasteiger partial charge in [0.2, 0.25) is 5.82 Å². The molecule has 0 saturated carbocycles. The molecule has 0 saturated heterocycles. The van der Waals surface area contributed by atoms with Crippen molar-refractivity contribution in [2.75, 3.05) is 5.75 Å². The molecule has 0 spiro atoms. The van der Waals surface area contributed by atoms with Crippen molar-refractivity contribution in [3.8, 4) is 5.75 Å². The van der Waals surface area contributed by atoms with Crippen LogP contribution in [0.2, 0.25) is 0 Å². The third-order valence-corrected chi connectivity index (χ3v) is 4.22. The number of nitrogens with zero attached hydrogens (tertiary/aromatic N) is 4. The van der Waals surface area contributed by atoms with E-state index in [9.17, 15) is 0 Å². The molecule has 7 nitrogen and oxygen atoms in total. The zero-order valence-corrected chi connectivity index (χ0v) is 13.7. The summed E-state index contributed by atoms with van der Waals surface area (Å²) in [7, 11) is 0. The van der Waals surface area contributed by atoms with Gasteiger partial charge in [0.25, 0.3) is 0 Å². The number of hydrogen-bond donors (Lipinski definition) is 2. The van der Waals surface area contributed by atoms with E-state index < -0.39 is 0 Å². The average molecular weight is 341 g/mol. The number of thioether (sulfide) groups is 1. The smallest absolute Gasteiger partial charge is 0.211 e. The molecule has 0 amide bonds. The summed E-state index contributed by atoms with van der Waals surface area (Å²) >= 11 is 1.61. The lowest BCUT2D eigenvalue weighted by molar-refractivity contribution is 0.295. The molecule has 1 aliphatic heterocycles. The average Bonchev–Trinajstić information content (AvgIpc) is 2.99. The van der Waals surface area contributed by atoms with Crippen molar-refractivity contribution in [2.45, 2.75) is 25.5 Å². The van der Waals surface area contributed by atoms with E-state index in [2.05, 4.69) is 32.5 Å². The van der Waals surface area contributed by atoms with Gasteiger partial charge in [-0.05, 0) is 31.0 Å². The van der Waals surface area contributed by atoms with E-state index in [-0.39, 0.29) is 24.6 Å². The van der Waals surface area contributed by atoms with E-state index in [1.165, 1.54) is 0 Å². The highest BCUT2D eigenvalue weighted by atomic mass is 35.5. The van der Waals surface area contributed by atoms with Crippen LogP contribution < -0.4 is 10.5 Å². The number of ether oxygens (including phenoxy) is 1. The largest absolute Gasteiger partial charge is 0.485 e. The number of nitrogens with one attached hydrogen (secondary N) is 1. The van der Waals surface area contributed by atoms with Crippen LogP contribution in [0.4, 0.5) is 0 Å². The molecule has 0 radical (unpaired) electrons. The number of benzene rings is 1. The lowest BCUT2D eigenvalue weighted by atomic mass is 9.90. The highest BCUT2D eigenvalue weighted by molar-refractivity contribution is 8.13. The van der Waals surface area contributed by atoms with E-state index in [0.717, 1.165) is 23.5 Å². The Hall–Kier alpha value is -1.80. The maximum absolute atomic E-state index is 5.84. The fourth-order valence-electron chi connectivity index (χ4n) is 2.20. The van der Waals surface area contributed by atoms with Crippen LogP contribution in [0.15, 0.2) is 29.3 Å². The number of aromatic nitrogens is 4. The Morgan fingerprint density at radius 2 is 2.14 bits per heavy atom. The minimum atomic E-state index is -0.248. The van der Waals surface area contributed by atoms with E-state index in [1.54, 1.807) is 11.8 Å². The van der Waals surface area contributed by atoms with Crippen molar-refractivity contribution >= 4 is 29.3 Å². The fourth-order valence-corrected chi connectivity index (χ4v) is 3.17. The number of nitrogens with two attached hydrogens (primary N) is 1. The van der Waals surface area contributed by atoms with Gasteiger partial charge in [-0.1, -0.05) is 29.1 Å². The molecule has 3 rings (SSSR count). The van der Waals surface area contributed by atoms with Gasteiger partial charge in [-0.3, -0.25) is 4.99 Å². The molecule has 9 heteroatoms. The van der Waals surface area contributed by atoms with Gasteiger partial charge in [0, 0.05) is 5.75 Å². The molecule has 1 aromatic carbocycles. The molecule has 0 bridgehead atoms. The summed E-state index contributed by atoms with van der Waals surface area (Å²) < 4.78 is 5.60. The Morgan fingerprint density at radius 3 is 2.77 bits per heavy atom. The lowest BCUT2D eigenvalue weighted by Crippen LogP contribution is -2.28. The maximum Gasteiger partial charge on any atom is 0.211 e. The predicted octanol–water partition coefficient (Wildman–Crippen LogP) is 1.87. The molecular weight excluding hydrogens is 324 g/mol. The molecule has 3 N–H and O–H groups in total. The number of halogens is 1. The Morgan fingerprint density at radius 1 is 1.36 bits per heavy atom. The van der Waals surface area contributed by atoms with Gasteiger partial charge in [-0.15, -0.1) is 22.6 Å². The fraction of sp³-hybridized carbons (Fsp3) is 0.385. The summed E-state index contributed by atoms with van der Waals surface area (Å²) in [4.78, 5) is 4.58. The summed E-state index contributed by atoms with van der Waals surface area (Å²) in [5.41, 5.74) is 6.73. The van der Waals surface area contributed by atoms with Crippen LogP contribution >= 0.6 is 24.2 Å². The summed E-state index contributed by atoms with van der Waals surface area (Å²) in [6, 6.07) is 7.90. The molecule has 1 aliphatic rings. The minimum absolute atomic E-state index is 0. The van der Waals surface area contributed by atoms with E-state index >= 15 is 0 Å². The van der Waals surface area contributed by atoms with Crippen molar-refractivity contribution in [3.63, 3.8) is 0 Å². The molecular formula is C13H17ClN6OS. The number of H-pyrrole nitrogens is 1. The number of aliphatic imine (C=N–C) groups is 1. The normalized spacial score (nSPS) is 20.9. The number of amidine groups is 1. The summed E-state index contributed by atoms with van der Waals surface area (Å²) in [5, 5.41) is 14.2. The lowest BCUT2D eigenvalue weighted by Gasteiger charge is -2.29. The molecule has 22 heavy (non-hydrogen) atoms. The zero-order chi connectivity index (χ0) is 14.7. The second-order valence-electron chi connectivity index (χ2n) is 4.96. The molecule has 0 fully saturated rings. The highest BCUT2D eigenvalue weighted by Gasteiger charge is 2.29. The Balaban J connectivity index is 0.00000176. The van der Waals surface area contributed by atoms with Gasteiger partial charge in [0.05, 0.1) is 5.54 Å². The number of hydrogen-bond acceptors (Lipinski definition) is 7. The number of aromatic amines is 1. The summed E-state index contributed by atoms with van der Waals surface area (Å²) in [6.07, 6.45) is 0.974. The Labute approximate surface area is 138 Å². The quantitative estimate of drug-likeness (QED) is 0.880. The van der Waals surface area contributed by atoms with Crippen LogP contribution in [0.1, 0.15) is 24.7 Å². The van der Waals surface area contributed by atoms with Crippen molar-refractivity contribution in [2.24, 2.45) is 10.7 Å². The molecule has 118 valence electrons. The molecule has 2 heterocycles. The van der Waals surface area contributed by atoms with Crippen LogP contribution in [0, 0.1) is 0 Å². The first-order chi connectivity index (χ1) is 10.2. The monoisotopic (exact) mass is 340 g/mol. The van der Waals surface area contributed by atoms with Gasteiger partial charge in [-0.2, -0.15) is 5.21 Å². The summed E-state index contributed by atoms with van der Waals surface area (Å²) in [5.74, 6) is 2.27. The topological polar surface area (TPSA) is 102 Å². The molecule has 1 atom stereocenters. The standard InChI is InChI=1S/C13H16N6OS.ClH/c1-13(6-7-21-12(14)15-13)9-2-4-10(5-3-9)20-8-11-16-18-19-17-11;/h2-5H,6-8H2,1H3,(H2,14,15)(H,16,17,18,19);1H. The van der Waals surface area contributed by atoms with Crippen molar-refractivity contribution < 1.29 is 4.74 Å². The van der Waals surface area contributed by atoms with Crippen molar-refractivity contribution in [1.82, 2.24) is 20.6 Å². The van der Waals surface area contributed by atoms with E-state index in [4.69, 9.17) is 10.5 Å². The maximum atomic E-state index is 5.84. The van der Waals surface area contributed by atoms with Crippen LogP contribution in [0.3, 0.4) is 0 Å². The molecule has 2 aromatic rings. The van der Waals surface area contributed by atoms with Crippen LogP contribution in [0.5, 0.6) is 5.75 Å². The SMILES string of the molecule is CC1(c2ccc(OCc3nn[nH]n3)cc2)CCSC(N)=N1.Cl. The minimum Gasteiger partial charge on any atom is -0.485 e. The third kappa shape index (κ3) is 3.69. The van der Waals surface area contributed by atoms with Gasteiger partial charge < -0.3 is 10.5 Å². The van der Waals surface area contributed by atoms with Gasteiger partial charge in [0.15, 0.2) is 11.8 Å². The Bertz CT molecular complexity index is 632. The first kappa shape index (κ1) is 16.6. The van der Waals surface area contributed by atoms with Gasteiger partial charge >= 0.3 is 0 Å². The third-order valence-electron chi connectivity index (χ3n) is 3.43. The highest BCUT2D eigenvalue weighted by Crippen LogP contribution is 2.35. The molecule has 1 aromatic heterocycles. The van der Waals surface area contributed by atoms with E-state index in [1.807, 2.05) is 24.3 Å². The Kier molecular flexibility index (Phi) is 5.25. The van der Waals surface area contributed by atoms with Crippen molar-refractivity contribution in [1.29, 1.82) is 0 Å². The van der Waals surface area contributed by atoms with Gasteiger partial charge in [0.1, 0.15) is 5.75 Å². The first-order valence-electron chi connectivity index (χ1n) is 6.59. The number of rotatable bonds is 4. The zero-order valence-electron chi connectivity index (χ0n) is 12.0. The van der Waals surface area contributed by atoms with Crippen LogP contribution in [0.25, 0.3) is 0 Å². The second-order valence-corrected chi connectivity index (χ2v) is 6.08. The van der Waals surface area contributed by atoms with E-state index in [0.29, 0.717) is 11.0 Å². The molecule has 0 aliphatic carbocycles. The van der Waals surface area contributed by atoms with Crippen molar-refractivity contribution in [3.05, 3.63) is 35.7 Å². The van der Waals surface area contributed by atoms with Gasteiger partial charge in [-0.25, -0.2) is 0 Å². The summed E-state index contributed by atoms with van der Waals surface area (Å²) in [6.45, 7) is 2.39.